The van der Waals surface area contributed by atoms with E-state index in [4.69, 9.17) is 4.42 Å². The standard InChI is InChI=1S/C55H38N2O/c1-4-15-42-37(12-1)32-50(47-20-9-7-18-45(42)47)35-23-27-40(28-24-35)57(54-44-17-6-3-14-39(44)34-52-53(54)49-22-11-31-56-55(49)58-52)41-29-25-36(26-30-41)51-33-38-13-2-5-16-43(38)46-19-8-10-21-48(46)51/h1-7,9-18,20-29,31-34,41H,8,19,30H2. The van der Waals surface area contributed by atoms with E-state index in [0.717, 1.165) is 52.4 Å². The van der Waals surface area contributed by atoms with Gasteiger partial charge < -0.3 is 9.32 Å². The molecule has 0 radical (unpaired) electrons. The van der Waals surface area contributed by atoms with Gasteiger partial charge in [0.25, 0.3) is 0 Å². The first kappa shape index (κ1) is 33.0. The predicted molar refractivity (Wildman–Crippen MR) is 245 cm³/mol. The van der Waals surface area contributed by atoms with E-state index in [1.54, 1.807) is 0 Å². The van der Waals surface area contributed by atoms with Crippen molar-refractivity contribution in [1.29, 1.82) is 0 Å². The number of anilines is 2. The molecular weight excluding hydrogens is 705 g/mol. The Balaban J connectivity index is 1.04. The maximum Gasteiger partial charge on any atom is 0.227 e. The molecule has 2 aromatic heterocycles. The number of aryl methyl sites for hydroxylation is 1. The molecule has 58 heavy (non-hydrogen) atoms. The summed E-state index contributed by atoms with van der Waals surface area (Å²) in [4.78, 5) is 7.22. The minimum atomic E-state index is 0.0403. The van der Waals surface area contributed by atoms with E-state index in [1.807, 2.05) is 12.3 Å². The lowest BCUT2D eigenvalue weighted by Crippen LogP contribution is -2.30. The van der Waals surface area contributed by atoms with E-state index in [9.17, 15) is 0 Å². The topological polar surface area (TPSA) is 29.3 Å². The Morgan fingerprint density at radius 2 is 1.26 bits per heavy atom. The number of benzene rings is 8. The Labute approximate surface area is 336 Å². The van der Waals surface area contributed by atoms with Crippen molar-refractivity contribution in [2.75, 3.05) is 4.90 Å². The van der Waals surface area contributed by atoms with E-state index in [1.165, 1.54) is 71.1 Å². The second-order valence-electron chi connectivity index (χ2n) is 15.7. The van der Waals surface area contributed by atoms with Crippen LogP contribution in [0.2, 0.25) is 0 Å². The van der Waals surface area contributed by atoms with Gasteiger partial charge >= 0.3 is 0 Å². The van der Waals surface area contributed by atoms with E-state index in [0.29, 0.717) is 5.71 Å². The molecule has 3 heteroatoms. The molecule has 0 spiro atoms. The smallest absolute Gasteiger partial charge is 0.227 e. The average Bonchev–Trinajstić information content (AvgIpc) is 3.67. The summed E-state index contributed by atoms with van der Waals surface area (Å²) in [7, 11) is 0. The number of nitrogens with zero attached hydrogens (tertiary/aromatic N) is 2. The third kappa shape index (κ3) is 5.17. The van der Waals surface area contributed by atoms with Crippen LogP contribution < -0.4 is 4.90 Å². The number of allylic oxidation sites excluding steroid dienone is 3. The van der Waals surface area contributed by atoms with E-state index in [2.05, 4.69) is 186 Å². The zero-order valence-electron chi connectivity index (χ0n) is 31.9. The molecule has 0 N–H and O–H groups in total. The van der Waals surface area contributed by atoms with Crippen LogP contribution in [0.15, 0.2) is 187 Å². The molecule has 1 unspecified atom stereocenters. The highest BCUT2D eigenvalue weighted by molar-refractivity contribution is 6.20. The van der Waals surface area contributed by atoms with Gasteiger partial charge in [-0.2, -0.15) is 0 Å². The van der Waals surface area contributed by atoms with E-state index in [-0.39, 0.29) is 6.04 Å². The molecule has 2 aliphatic rings. The van der Waals surface area contributed by atoms with Crippen molar-refractivity contribution in [2.45, 2.75) is 25.3 Å². The monoisotopic (exact) mass is 742 g/mol. The third-order valence-corrected chi connectivity index (χ3v) is 12.5. The summed E-state index contributed by atoms with van der Waals surface area (Å²) in [6, 6.07) is 55.4. The zero-order valence-corrected chi connectivity index (χ0v) is 31.9. The first-order chi connectivity index (χ1) is 28.8. The van der Waals surface area contributed by atoms with Crippen LogP contribution >= 0.6 is 0 Å². The lowest BCUT2D eigenvalue weighted by molar-refractivity contribution is 0.654. The maximum absolute atomic E-state index is 6.52. The van der Waals surface area contributed by atoms with Gasteiger partial charge in [0.1, 0.15) is 5.58 Å². The molecule has 12 rings (SSSR count). The van der Waals surface area contributed by atoms with Gasteiger partial charge in [-0.05, 0) is 133 Å². The number of fused-ring (bicyclic) bond motifs is 10. The van der Waals surface area contributed by atoms with Gasteiger partial charge in [0, 0.05) is 17.3 Å². The van der Waals surface area contributed by atoms with Gasteiger partial charge in [-0.3, -0.25) is 0 Å². The largest absolute Gasteiger partial charge is 0.438 e. The fourth-order valence-electron chi connectivity index (χ4n) is 9.81. The fraction of sp³-hybridized carbons (Fsp3) is 0.0727. The van der Waals surface area contributed by atoms with Crippen molar-refractivity contribution >= 4 is 88.2 Å². The Hall–Kier alpha value is -7.23. The number of hydrogen-bond acceptors (Lipinski definition) is 3. The van der Waals surface area contributed by atoms with Crippen LogP contribution in [0, 0.1) is 0 Å². The molecule has 10 aromatic rings. The maximum atomic E-state index is 6.52. The molecule has 3 nitrogen and oxygen atoms in total. The molecular formula is C55H38N2O. The van der Waals surface area contributed by atoms with Gasteiger partial charge in [-0.25, -0.2) is 4.98 Å². The summed E-state index contributed by atoms with van der Waals surface area (Å²) in [5.41, 5.74) is 11.6. The molecule has 0 amide bonds. The van der Waals surface area contributed by atoms with Crippen LogP contribution in [0.5, 0.6) is 0 Å². The van der Waals surface area contributed by atoms with Crippen LogP contribution in [0.1, 0.15) is 29.5 Å². The second-order valence-corrected chi connectivity index (χ2v) is 15.7. The van der Waals surface area contributed by atoms with Gasteiger partial charge in [-0.1, -0.05) is 140 Å². The molecule has 0 aliphatic heterocycles. The Morgan fingerprint density at radius 1 is 0.586 bits per heavy atom. The van der Waals surface area contributed by atoms with Crippen LogP contribution in [-0.2, 0) is 6.42 Å². The average molecular weight is 743 g/mol. The number of furan rings is 1. The molecule has 0 saturated carbocycles. The quantitative estimate of drug-likeness (QED) is 0.164. The van der Waals surface area contributed by atoms with Crippen molar-refractivity contribution in [1.82, 2.24) is 4.98 Å². The van der Waals surface area contributed by atoms with Crippen molar-refractivity contribution < 1.29 is 4.42 Å². The minimum Gasteiger partial charge on any atom is -0.438 e. The normalized spacial score (nSPS) is 15.2. The summed E-state index contributed by atoms with van der Waals surface area (Å²) >= 11 is 0. The zero-order chi connectivity index (χ0) is 38.2. The SMILES string of the molecule is C1=Cc2c(C3=CCC(N(c4ccc(-c5cc6ccccc6c6ccccc56)cc4)c4c5ccccc5cc5oc6ncccc6c45)C=C3)cc3ccccc3c2CC1. The lowest BCUT2D eigenvalue weighted by atomic mass is 9.84. The van der Waals surface area contributed by atoms with E-state index < -0.39 is 0 Å². The van der Waals surface area contributed by atoms with Crippen LogP contribution in [0.25, 0.3) is 87.9 Å². The minimum absolute atomic E-state index is 0.0403. The molecule has 2 heterocycles. The van der Waals surface area contributed by atoms with Crippen molar-refractivity contribution in [3.63, 3.8) is 0 Å². The Kier molecular flexibility index (Phi) is 7.49. The molecule has 0 fully saturated rings. The number of rotatable bonds is 5. The molecule has 0 bridgehead atoms. The van der Waals surface area contributed by atoms with Crippen LogP contribution in [0.3, 0.4) is 0 Å². The summed E-state index contributed by atoms with van der Waals surface area (Å²) in [6.45, 7) is 0. The summed E-state index contributed by atoms with van der Waals surface area (Å²) in [5.74, 6) is 0. The molecule has 1 atom stereocenters. The van der Waals surface area contributed by atoms with Crippen LogP contribution in [0.4, 0.5) is 11.4 Å². The number of aromatic nitrogens is 1. The van der Waals surface area contributed by atoms with Gasteiger partial charge in [-0.15, -0.1) is 0 Å². The van der Waals surface area contributed by atoms with Gasteiger partial charge in [0.2, 0.25) is 5.71 Å². The van der Waals surface area contributed by atoms with E-state index >= 15 is 0 Å². The molecule has 274 valence electrons. The van der Waals surface area contributed by atoms with Gasteiger partial charge in [0.15, 0.2) is 0 Å². The summed E-state index contributed by atoms with van der Waals surface area (Å²) < 4.78 is 6.52. The van der Waals surface area contributed by atoms with Crippen molar-refractivity contribution in [3.05, 3.63) is 199 Å². The highest BCUT2D eigenvalue weighted by Crippen LogP contribution is 2.47. The fourth-order valence-corrected chi connectivity index (χ4v) is 9.81. The second kappa shape index (κ2) is 13.2. The predicted octanol–water partition coefficient (Wildman–Crippen LogP) is 14.8. The number of pyridine rings is 1. The van der Waals surface area contributed by atoms with Gasteiger partial charge in [0.05, 0.1) is 22.5 Å². The lowest BCUT2D eigenvalue weighted by Gasteiger charge is -2.35. The molecule has 8 aromatic carbocycles. The summed E-state index contributed by atoms with van der Waals surface area (Å²) in [6.07, 6.45) is 16.7. The molecule has 0 saturated heterocycles. The highest BCUT2D eigenvalue weighted by Gasteiger charge is 2.28. The van der Waals surface area contributed by atoms with Crippen molar-refractivity contribution in [3.8, 4) is 11.1 Å². The number of hydrogen-bond donors (Lipinski definition) is 0. The Morgan fingerprint density at radius 3 is 2.05 bits per heavy atom. The summed E-state index contributed by atoms with van der Waals surface area (Å²) in [5, 5.41) is 12.2. The third-order valence-electron chi connectivity index (χ3n) is 12.5. The van der Waals surface area contributed by atoms with Crippen LogP contribution in [-0.4, -0.2) is 11.0 Å². The first-order valence-corrected chi connectivity index (χ1v) is 20.4. The molecule has 2 aliphatic carbocycles. The highest BCUT2D eigenvalue weighted by atomic mass is 16.3. The Bertz CT molecular complexity index is 3380. The van der Waals surface area contributed by atoms with Crippen molar-refractivity contribution in [2.24, 2.45) is 0 Å². The first-order valence-electron chi connectivity index (χ1n) is 20.4.